The molecule has 3 rings (SSSR count). The molecular formula is C14H15N3O. The minimum atomic E-state index is 0.0304. The molecule has 1 aliphatic heterocycles. The van der Waals surface area contributed by atoms with Gasteiger partial charge in [0.05, 0.1) is 0 Å². The molecule has 0 atom stereocenters. The van der Waals surface area contributed by atoms with E-state index in [0.717, 1.165) is 36.7 Å². The molecule has 1 aliphatic rings. The summed E-state index contributed by atoms with van der Waals surface area (Å²) in [4.78, 5) is 18.5. The van der Waals surface area contributed by atoms with Crippen LogP contribution >= 0.6 is 0 Å². The summed E-state index contributed by atoms with van der Waals surface area (Å²) in [5.41, 5.74) is 7.00. The van der Waals surface area contributed by atoms with Crippen LogP contribution in [0.1, 0.15) is 23.3 Å². The molecule has 4 heteroatoms. The van der Waals surface area contributed by atoms with Crippen LogP contribution in [0.25, 0.3) is 10.8 Å². The molecular weight excluding hydrogens is 226 g/mol. The van der Waals surface area contributed by atoms with Gasteiger partial charge in [-0.15, -0.1) is 0 Å². The van der Waals surface area contributed by atoms with Gasteiger partial charge in [-0.25, -0.2) is 0 Å². The zero-order valence-corrected chi connectivity index (χ0v) is 10.1. The summed E-state index contributed by atoms with van der Waals surface area (Å²) in [6.07, 6.45) is 3.85. The van der Waals surface area contributed by atoms with Crippen LogP contribution in [-0.2, 0) is 0 Å². The number of benzene rings is 1. The van der Waals surface area contributed by atoms with Gasteiger partial charge in [-0.05, 0) is 42.5 Å². The number of nitrogens with two attached hydrogens (primary N) is 1. The lowest BCUT2D eigenvalue weighted by Crippen LogP contribution is -2.28. The predicted molar refractivity (Wildman–Crippen MR) is 71.3 cm³/mol. The van der Waals surface area contributed by atoms with E-state index in [4.69, 9.17) is 5.73 Å². The Bertz CT molecular complexity index is 603. The fourth-order valence-corrected chi connectivity index (χ4v) is 2.44. The molecule has 1 amide bonds. The van der Waals surface area contributed by atoms with Crippen molar-refractivity contribution in [2.24, 2.45) is 0 Å². The van der Waals surface area contributed by atoms with E-state index in [0.29, 0.717) is 11.4 Å². The van der Waals surface area contributed by atoms with E-state index in [2.05, 4.69) is 4.98 Å². The number of hydrogen-bond acceptors (Lipinski definition) is 3. The van der Waals surface area contributed by atoms with Crippen molar-refractivity contribution in [2.75, 3.05) is 18.8 Å². The maximum absolute atomic E-state index is 12.4. The Hall–Kier alpha value is -2.10. The van der Waals surface area contributed by atoms with Gasteiger partial charge in [0.2, 0.25) is 0 Å². The van der Waals surface area contributed by atoms with Crippen molar-refractivity contribution >= 4 is 22.4 Å². The molecule has 18 heavy (non-hydrogen) atoms. The highest BCUT2D eigenvalue weighted by Crippen LogP contribution is 2.22. The van der Waals surface area contributed by atoms with Crippen LogP contribution in [0.2, 0.25) is 0 Å². The van der Waals surface area contributed by atoms with Gasteiger partial charge in [0.25, 0.3) is 5.91 Å². The van der Waals surface area contributed by atoms with E-state index >= 15 is 0 Å². The second-order valence-electron chi connectivity index (χ2n) is 4.64. The van der Waals surface area contributed by atoms with E-state index in [-0.39, 0.29) is 5.91 Å². The number of pyridine rings is 1. The topological polar surface area (TPSA) is 59.2 Å². The first-order chi connectivity index (χ1) is 8.75. The molecule has 4 nitrogen and oxygen atoms in total. The molecule has 0 bridgehead atoms. The first kappa shape index (κ1) is 11.0. The normalized spacial score (nSPS) is 15.2. The zero-order valence-electron chi connectivity index (χ0n) is 10.1. The largest absolute Gasteiger partial charge is 0.399 e. The average Bonchev–Trinajstić information content (AvgIpc) is 2.90. The van der Waals surface area contributed by atoms with Crippen molar-refractivity contribution in [1.82, 2.24) is 9.88 Å². The number of carbonyl (C=O) groups is 1. The summed E-state index contributed by atoms with van der Waals surface area (Å²) >= 11 is 0. The Kier molecular flexibility index (Phi) is 2.63. The van der Waals surface area contributed by atoms with Gasteiger partial charge in [-0.1, -0.05) is 0 Å². The average molecular weight is 241 g/mol. The van der Waals surface area contributed by atoms with Crippen LogP contribution in [0, 0.1) is 0 Å². The van der Waals surface area contributed by atoms with Gasteiger partial charge < -0.3 is 10.6 Å². The zero-order chi connectivity index (χ0) is 12.5. The number of rotatable bonds is 1. The van der Waals surface area contributed by atoms with E-state index in [1.54, 1.807) is 6.20 Å². The van der Waals surface area contributed by atoms with Crippen molar-refractivity contribution < 1.29 is 4.79 Å². The number of likely N-dealkylation sites (tertiary alicyclic amines) is 1. The second-order valence-corrected chi connectivity index (χ2v) is 4.64. The van der Waals surface area contributed by atoms with Crippen molar-refractivity contribution in [2.45, 2.75) is 12.8 Å². The Morgan fingerprint density at radius 2 is 2.00 bits per heavy atom. The summed E-state index contributed by atoms with van der Waals surface area (Å²) in [6.45, 7) is 1.68. The Labute approximate surface area is 105 Å². The summed E-state index contributed by atoms with van der Waals surface area (Å²) in [6, 6.07) is 7.44. The summed E-state index contributed by atoms with van der Waals surface area (Å²) in [7, 11) is 0. The molecule has 0 spiro atoms. The van der Waals surface area contributed by atoms with Crippen molar-refractivity contribution in [3.05, 3.63) is 36.2 Å². The van der Waals surface area contributed by atoms with Gasteiger partial charge in [-0.2, -0.15) is 0 Å². The van der Waals surface area contributed by atoms with Crippen LogP contribution in [0.3, 0.4) is 0 Å². The summed E-state index contributed by atoms with van der Waals surface area (Å²) < 4.78 is 0. The van der Waals surface area contributed by atoms with E-state index in [1.165, 1.54) is 0 Å². The third-order valence-electron chi connectivity index (χ3n) is 3.38. The van der Waals surface area contributed by atoms with Gasteiger partial charge in [0, 0.05) is 30.4 Å². The van der Waals surface area contributed by atoms with Crippen LogP contribution in [-0.4, -0.2) is 28.9 Å². The van der Waals surface area contributed by atoms with Gasteiger partial charge in [0.15, 0.2) is 0 Å². The van der Waals surface area contributed by atoms with E-state index in [9.17, 15) is 4.79 Å². The molecule has 1 fully saturated rings. The third-order valence-corrected chi connectivity index (χ3v) is 3.38. The van der Waals surface area contributed by atoms with E-state index in [1.807, 2.05) is 29.2 Å². The smallest absolute Gasteiger partial charge is 0.273 e. The Morgan fingerprint density at radius 3 is 2.78 bits per heavy atom. The number of nitrogen functional groups attached to an aromatic ring is 1. The number of anilines is 1. The summed E-state index contributed by atoms with van der Waals surface area (Å²) in [5, 5.41) is 1.84. The molecule has 1 aromatic carbocycles. The third kappa shape index (κ3) is 1.79. The summed E-state index contributed by atoms with van der Waals surface area (Å²) in [5.74, 6) is 0.0304. The van der Waals surface area contributed by atoms with Crippen molar-refractivity contribution in [3.63, 3.8) is 0 Å². The quantitative estimate of drug-likeness (QED) is 0.777. The standard InChI is InChI=1S/C14H15N3O/c15-11-3-4-12-10(9-11)5-6-16-13(12)14(18)17-7-1-2-8-17/h3-6,9H,1-2,7-8,15H2. The maximum Gasteiger partial charge on any atom is 0.273 e. The molecule has 0 saturated carbocycles. The molecule has 1 saturated heterocycles. The monoisotopic (exact) mass is 241 g/mol. The lowest BCUT2D eigenvalue weighted by Gasteiger charge is -2.15. The number of amides is 1. The fourth-order valence-electron chi connectivity index (χ4n) is 2.44. The molecule has 92 valence electrons. The minimum absolute atomic E-state index is 0.0304. The van der Waals surface area contributed by atoms with Crippen LogP contribution in [0.5, 0.6) is 0 Å². The highest BCUT2D eigenvalue weighted by molar-refractivity contribution is 6.05. The first-order valence-corrected chi connectivity index (χ1v) is 6.19. The number of hydrogen-bond donors (Lipinski definition) is 1. The Balaban J connectivity index is 2.08. The van der Waals surface area contributed by atoms with Gasteiger partial charge in [-0.3, -0.25) is 9.78 Å². The van der Waals surface area contributed by atoms with Crippen molar-refractivity contribution in [3.8, 4) is 0 Å². The fraction of sp³-hybridized carbons (Fsp3) is 0.286. The molecule has 2 heterocycles. The SMILES string of the molecule is Nc1ccc2c(C(=O)N3CCCC3)nccc2c1. The Morgan fingerprint density at radius 1 is 1.22 bits per heavy atom. The highest BCUT2D eigenvalue weighted by Gasteiger charge is 2.22. The van der Waals surface area contributed by atoms with Gasteiger partial charge >= 0.3 is 0 Å². The van der Waals surface area contributed by atoms with Crippen molar-refractivity contribution in [1.29, 1.82) is 0 Å². The van der Waals surface area contributed by atoms with Crippen LogP contribution in [0.15, 0.2) is 30.5 Å². The van der Waals surface area contributed by atoms with E-state index < -0.39 is 0 Å². The molecule has 2 aromatic rings. The van der Waals surface area contributed by atoms with Crippen LogP contribution < -0.4 is 5.73 Å². The molecule has 2 N–H and O–H groups in total. The number of aromatic nitrogens is 1. The minimum Gasteiger partial charge on any atom is -0.399 e. The van der Waals surface area contributed by atoms with Crippen LogP contribution in [0.4, 0.5) is 5.69 Å². The molecule has 1 aromatic heterocycles. The highest BCUT2D eigenvalue weighted by atomic mass is 16.2. The number of nitrogens with zero attached hydrogens (tertiary/aromatic N) is 2. The molecule has 0 aliphatic carbocycles. The predicted octanol–water partition coefficient (Wildman–Crippen LogP) is 2.05. The number of carbonyl (C=O) groups excluding carboxylic acids is 1. The van der Waals surface area contributed by atoms with Gasteiger partial charge in [0.1, 0.15) is 5.69 Å². The first-order valence-electron chi connectivity index (χ1n) is 6.19. The maximum atomic E-state index is 12.4. The second kappa shape index (κ2) is 4.29. The lowest BCUT2D eigenvalue weighted by atomic mass is 10.1. The lowest BCUT2D eigenvalue weighted by molar-refractivity contribution is 0.0789. The molecule has 0 radical (unpaired) electrons. The molecule has 0 unspecified atom stereocenters. The number of fused-ring (bicyclic) bond motifs is 1.